The third-order valence-corrected chi connectivity index (χ3v) is 2.60. The van der Waals surface area contributed by atoms with E-state index in [1.54, 1.807) is 0 Å². The van der Waals surface area contributed by atoms with Gasteiger partial charge < -0.3 is 10.8 Å². The summed E-state index contributed by atoms with van der Waals surface area (Å²) >= 11 is 2.48. The Morgan fingerprint density at radius 1 is 1.25 bits per heavy atom. The van der Waals surface area contributed by atoms with Crippen LogP contribution in [0, 0.1) is 11.6 Å². The standard InChI is InChI=1S/C8H5BrF5NO/c9-5-3(11)1-2(10)4(6(5)16)7(15)8(12,13)14/h1,7,16H,15H2/t7-/m1/s1. The lowest BCUT2D eigenvalue weighted by Crippen LogP contribution is -2.29. The highest BCUT2D eigenvalue weighted by Gasteiger charge is 2.41. The summed E-state index contributed by atoms with van der Waals surface area (Å²) in [4.78, 5) is 0. The van der Waals surface area contributed by atoms with Crippen LogP contribution in [0.4, 0.5) is 22.0 Å². The molecule has 90 valence electrons. The molecule has 0 bridgehead atoms. The molecular formula is C8H5BrF5NO. The zero-order chi connectivity index (χ0) is 12.7. The largest absolute Gasteiger partial charge is 0.506 e. The molecule has 1 aromatic rings. The van der Waals surface area contributed by atoms with Crippen LogP contribution in [0.25, 0.3) is 0 Å². The fourth-order valence-electron chi connectivity index (χ4n) is 1.06. The maximum Gasteiger partial charge on any atom is 0.407 e. The second kappa shape index (κ2) is 4.17. The Morgan fingerprint density at radius 2 is 1.75 bits per heavy atom. The summed E-state index contributed by atoms with van der Waals surface area (Å²) in [6.45, 7) is 0. The number of hydrogen-bond donors (Lipinski definition) is 2. The van der Waals surface area contributed by atoms with Gasteiger partial charge >= 0.3 is 6.18 Å². The van der Waals surface area contributed by atoms with Crippen molar-refractivity contribution < 1.29 is 27.1 Å². The van der Waals surface area contributed by atoms with E-state index in [2.05, 4.69) is 15.9 Å². The molecule has 0 aromatic heterocycles. The highest BCUT2D eigenvalue weighted by molar-refractivity contribution is 9.10. The van der Waals surface area contributed by atoms with Gasteiger partial charge in [0.25, 0.3) is 0 Å². The Morgan fingerprint density at radius 3 is 2.19 bits per heavy atom. The zero-order valence-corrected chi connectivity index (χ0v) is 9.03. The van der Waals surface area contributed by atoms with Crippen LogP contribution in [0.3, 0.4) is 0 Å². The summed E-state index contributed by atoms with van der Waals surface area (Å²) in [6.07, 6.45) is -4.93. The number of aromatic hydroxyl groups is 1. The molecule has 0 saturated carbocycles. The molecule has 1 rings (SSSR count). The first-order valence-corrected chi connectivity index (χ1v) is 4.64. The molecule has 16 heavy (non-hydrogen) atoms. The van der Waals surface area contributed by atoms with Crippen molar-refractivity contribution in [2.24, 2.45) is 5.73 Å². The van der Waals surface area contributed by atoms with Gasteiger partial charge in [0.2, 0.25) is 0 Å². The molecule has 1 aromatic carbocycles. The third-order valence-electron chi connectivity index (χ3n) is 1.85. The fraction of sp³-hybridized carbons (Fsp3) is 0.250. The predicted octanol–water partition coefficient (Wildman–Crippen LogP) is 2.99. The minimum absolute atomic E-state index is 0.213. The number of nitrogens with two attached hydrogens (primary N) is 1. The molecule has 3 N–H and O–H groups in total. The van der Waals surface area contributed by atoms with E-state index in [1.807, 2.05) is 0 Å². The number of phenolic OH excluding ortho intramolecular Hbond substituents is 1. The minimum atomic E-state index is -4.93. The van der Waals surface area contributed by atoms with Crippen molar-refractivity contribution in [3.8, 4) is 5.75 Å². The summed E-state index contributed by atoms with van der Waals surface area (Å²) < 4.78 is 61.9. The van der Waals surface area contributed by atoms with Crippen molar-refractivity contribution in [2.75, 3.05) is 0 Å². The van der Waals surface area contributed by atoms with Gasteiger partial charge in [-0.25, -0.2) is 8.78 Å². The molecule has 0 fully saturated rings. The maximum atomic E-state index is 13.1. The topological polar surface area (TPSA) is 46.2 Å². The van der Waals surface area contributed by atoms with Crippen molar-refractivity contribution in [3.63, 3.8) is 0 Å². The van der Waals surface area contributed by atoms with Crippen molar-refractivity contribution in [1.82, 2.24) is 0 Å². The van der Waals surface area contributed by atoms with E-state index in [0.29, 0.717) is 0 Å². The zero-order valence-electron chi connectivity index (χ0n) is 7.45. The second-order valence-corrected chi connectivity index (χ2v) is 3.73. The quantitative estimate of drug-likeness (QED) is 0.619. The lowest BCUT2D eigenvalue weighted by atomic mass is 10.1. The molecule has 0 spiro atoms. The summed E-state index contributed by atoms with van der Waals surface area (Å²) in [6, 6.07) is -2.51. The van der Waals surface area contributed by atoms with Crippen LogP contribution < -0.4 is 5.73 Å². The van der Waals surface area contributed by atoms with Crippen LogP contribution in [0.15, 0.2) is 10.5 Å². The summed E-state index contributed by atoms with van der Waals surface area (Å²) in [5.74, 6) is -3.96. The number of hydrogen-bond acceptors (Lipinski definition) is 2. The molecule has 1 atom stereocenters. The third kappa shape index (κ3) is 2.27. The summed E-state index contributed by atoms with van der Waals surface area (Å²) in [5.41, 5.74) is 3.53. The number of halogens is 6. The highest BCUT2D eigenvalue weighted by atomic mass is 79.9. The summed E-state index contributed by atoms with van der Waals surface area (Å²) in [5, 5.41) is 9.19. The summed E-state index contributed by atoms with van der Waals surface area (Å²) in [7, 11) is 0. The van der Waals surface area contributed by atoms with Crippen LogP contribution >= 0.6 is 15.9 Å². The van der Waals surface area contributed by atoms with Gasteiger partial charge in [-0.3, -0.25) is 0 Å². The van der Waals surface area contributed by atoms with Gasteiger partial charge in [-0.1, -0.05) is 0 Å². The molecule has 2 nitrogen and oxygen atoms in total. The fourth-order valence-corrected chi connectivity index (χ4v) is 1.38. The smallest absolute Gasteiger partial charge is 0.407 e. The number of benzene rings is 1. The number of phenols is 1. The first-order chi connectivity index (χ1) is 7.16. The molecule has 0 aliphatic heterocycles. The van der Waals surface area contributed by atoms with Gasteiger partial charge in [0, 0.05) is 6.07 Å². The van der Waals surface area contributed by atoms with Gasteiger partial charge in [-0.15, -0.1) is 0 Å². The molecule has 0 unspecified atom stereocenters. The van der Waals surface area contributed by atoms with Gasteiger partial charge in [0.05, 0.1) is 10.0 Å². The van der Waals surface area contributed by atoms with E-state index in [-0.39, 0.29) is 6.07 Å². The van der Waals surface area contributed by atoms with Crippen LogP contribution in [0.1, 0.15) is 11.6 Å². The Balaban J connectivity index is 3.40. The SMILES string of the molecule is N[C@H](c1c(F)cc(F)c(Br)c1O)C(F)(F)F. The van der Waals surface area contributed by atoms with E-state index in [0.717, 1.165) is 0 Å². The first kappa shape index (κ1) is 13.2. The molecule has 0 saturated heterocycles. The first-order valence-electron chi connectivity index (χ1n) is 3.85. The molecule has 0 amide bonds. The lowest BCUT2D eigenvalue weighted by molar-refractivity contribution is -0.150. The van der Waals surface area contributed by atoms with E-state index in [4.69, 9.17) is 5.73 Å². The van der Waals surface area contributed by atoms with Gasteiger partial charge in [-0.2, -0.15) is 13.2 Å². The maximum absolute atomic E-state index is 13.1. The molecule has 0 aliphatic rings. The van der Waals surface area contributed by atoms with E-state index < -0.39 is 39.6 Å². The van der Waals surface area contributed by atoms with Crippen LogP contribution in [0.2, 0.25) is 0 Å². The molecular weight excluding hydrogens is 301 g/mol. The number of rotatable bonds is 1. The molecule has 0 aliphatic carbocycles. The van der Waals surface area contributed by atoms with Crippen LogP contribution in [0.5, 0.6) is 5.75 Å². The van der Waals surface area contributed by atoms with Crippen LogP contribution in [-0.4, -0.2) is 11.3 Å². The van der Waals surface area contributed by atoms with E-state index in [1.165, 1.54) is 0 Å². The van der Waals surface area contributed by atoms with Gasteiger partial charge in [0.1, 0.15) is 23.4 Å². The number of alkyl halides is 3. The average molecular weight is 306 g/mol. The Hall–Kier alpha value is -0.890. The Labute approximate surface area is 95.0 Å². The Bertz CT molecular complexity index is 420. The Kier molecular flexibility index (Phi) is 3.44. The van der Waals surface area contributed by atoms with Crippen molar-refractivity contribution in [3.05, 3.63) is 27.7 Å². The van der Waals surface area contributed by atoms with Crippen molar-refractivity contribution in [1.29, 1.82) is 0 Å². The predicted molar refractivity (Wildman–Crippen MR) is 48.7 cm³/mol. The lowest BCUT2D eigenvalue weighted by Gasteiger charge is -2.18. The molecule has 0 heterocycles. The normalized spacial score (nSPS) is 13.9. The van der Waals surface area contributed by atoms with Crippen LogP contribution in [-0.2, 0) is 0 Å². The monoisotopic (exact) mass is 305 g/mol. The molecule has 8 heteroatoms. The van der Waals surface area contributed by atoms with Crippen molar-refractivity contribution in [2.45, 2.75) is 12.2 Å². The van der Waals surface area contributed by atoms with E-state index >= 15 is 0 Å². The second-order valence-electron chi connectivity index (χ2n) is 2.94. The van der Waals surface area contributed by atoms with Gasteiger partial charge in [-0.05, 0) is 15.9 Å². The average Bonchev–Trinajstić information content (AvgIpc) is 2.13. The van der Waals surface area contributed by atoms with Gasteiger partial charge in [0.15, 0.2) is 0 Å². The minimum Gasteiger partial charge on any atom is -0.506 e. The van der Waals surface area contributed by atoms with E-state index in [9.17, 15) is 27.1 Å². The molecule has 0 radical (unpaired) electrons. The van der Waals surface area contributed by atoms with Crippen molar-refractivity contribution >= 4 is 15.9 Å². The highest BCUT2D eigenvalue weighted by Crippen LogP contribution is 2.40.